The maximum absolute atomic E-state index is 12.9. The van der Waals surface area contributed by atoms with E-state index in [1.54, 1.807) is 6.07 Å². The second kappa shape index (κ2) is 11.7. The maximum atomic E-state index is 12.9. The predicted molar refractivity (Wildman–Crippen MR) is 155 cm³/mol. The molecular weight excluding hydrogens is 542 g/mol. The highest BCUT2D eigenvalue weighted by Gasteiger charge is 2.21. The fourth-order valence-corrected chi connectivity index (χ4v) is 6.17. The molecule has 0 unspecified atom stereocenters. The number of carbonyl (C=O) groups excluding carboxylic acids is 1. The number of hydrogen-bond donors (Lipinski definition) is 2. The number of hydrogen-bond acceptors (Lipinski definition) is 8. The molecule has 212 valence electrons. The van der Waals surface area contributed by atoms with E-state index in [0.29, 0.717) is 56.3 Å². The van der Waals surface area contributed by atoms with Crippen molar-refractivity contribution in [3.8, 4) is 22.9 Å². The Balaban J connectivity index is 1.06. The van der Waals surface area contributed by atoms with Crippen LogP contribution in [0.25, 0.3) is 11.4 Å². The van der Waals surface area contributed by atoms with Gasteiger partial charge in [0.15, 0.2) is 27.2 Å². The minimum absolute atomic E-state index is 0.179. The van der Waals surface area contributed by atoms with Crippen LogP contribution in [0.1, 0.15) is 33.7 Å². The molecule has 2 aliphatic rings. The van der Waals surface area contributed by atoms with Crippen LogP contribution >= 0.6 is 0 Å². The molecule has 1 amide bonds. The zero-order valence-electron chi connectivity index (χ0n) is 22.5. The summed E-state index contributed by atoms with van der Waals surface area (Å²) in [5.74, 6) is 2.97. The third-order valence-corrected chi connectivity index (χ3v) is 8.76. The number of carbonyl (C=O) groups is 1. The van der Waals surface area contributed by atoms with Gasteiger partial charge in [0.05, 0.1) is 24.7 Å². The molecule has 0 saturated carbocycles. The molecule has 2 aliphatic heterocycles. The highest BCUT2D eigenvalue weighted by molar-refractivity contribution is 7.91. The summed E-state index contributed by atoms with van der Waals surface area (Å²) in [5, 5.41) is 10.3. The Hall–Kier alpha value is -4.22. The molecule has 0 radical (unpaired) electrons. The van der Waals surface area contributed by atoms with Crippen LogP contribution in [0.2, 0.25) is 0 Å². The van der Waals surface area contributed by atoms with Gasteiger partial charge in [0.2, 0.25) is 0 Å². The van der Waals surface area contributed by atoms with E-state index in [0.717, 1.165) is 40.4 Å². The third kappa shape index (κ3) is 6.75. The number of ether oxygens (including phenoxy) is 2. The SMILES string of the molecule is O=C(Nc1ccc(-c2n[nH]c(Cc3ccc4c(c3)OCCCO4)n2)cc1)c1cccc(CN2CCS(=O)(=O)CC2)c1. The van der Waals surface area contributed by atoms with Crippen LogP contribution in [0.15, 0.2) is 66.7 Å². The van der Waals surface area contributed by atoms with E-state index in [9.17, 15) is 13.2 Å². The number of anilines is 1. The van der Waals surface area contributed by atoms with Crippen molar-refractivity contribution in [2.75, 3.05) is 43.1 Å². The number of rotatable bonds is 7. The molecule has 11 heteroatoms. The minimum atomic E-state index is -2.92. The van der Waals surface area contributed by atoms with Gasteiger partial charge in [-0.1, -0.05) is 18.2 Å². The Morgan fingerprint density at radius 1 is 0.927 bits per heavy atom. The molecule has 1 saturated heterocycles. The van der Waals surface area contributed by atoms with Gasteiger partial charge >= 0.3 is 0 Å². The first-order chi connectivity index (χ1) is 19.9. The monoisotopic (exact) mass is 573 g/mol. The van der Waals surface area contributed by atoms with Gasteiger partial charge in [0.25, 0.3) is 5.91 Å². The summed E-state index contributed by atoms with van der Waals surface area (Å²) in [5.41, 5.74) is 4.05. The molecule has 41 heavy (non-hydrogen) atoms. The normalized spacial score (nSPS) is 16.6. The molecule has 3 heterocycles. The number of benzene rings is 3. The number of amides is 1. The first-order valence-corrected chi connectivity index (χ1v) is 15.5. The molecule has 10 nitrogen and oxygen atoms in total. The number of nitrogens with zero attached hydrogens (tertiary/aromatic N) is 3. The lowest BCUT2D eigenvalue weighted by Gasteiger charge is -2.26. The van der Waals surface area contributed by atoms with Gasteiger partial charge in [-0.2, -0.15) is 5.10 Å². The summed E-state index contributed by atoms with van der Waals surface area (Å²) < 4.78 is 34.9. The zero-order valence-corrected chi connectivity index (χ0v) is 23.3. The highest BCUT2D eigenvalue weighted by atomic mass is 32.2. The molecule has 0 atom stereocenters. The van der Waals surface area contributed by atoms with Gasteiger partial charge in [-0.15, -0.1) is 0 Å². The standard InChI is InChI=1S/C30H31N5O5S/c36-30(24-4-1-3-22(17-24)20-35-11-15-41(37,38)16-12-35)31-25-8-6-23(7-9-25)29-32-28(33-34-29)19-21-5-10-26-27(18-21)40-14-2-13-39-26/h1,3-10,17-18H,2,11-16,19-20H2,(H,31,36)(H,32,33,34). The Morgan fingerprint density at radius 3 is 2.51 bits per heavy atom. The van der Waals surface area contributed by atoms with Crippen LogP contribution in [-0.2, 0) is 22.8 Å². The fraction of sp³-hybridized carbons (Fsp3) is 0.300. The number of H-pyrrole nitrogens is 1. The van der Waals surface area contributed by atoms with Crippen molar-refractivity contribution in [1.29, 1.82) is 0 Å². The Bertz CT molecular complexity index is 1640. The van der Waals surface area contributed by atoms with Gasteiger partial charge in [0.1, 0.15) is 5.82 Å². The smallest absolute Gasteiger partial charge is 0.255 e. The number of fused-ring (bicyclic) bond motifs is 1. The molecule has 0 spiro atoms. The van der Waals surface area contributed by atoms with Crippen LogP contribution in [0.5, 0.6) is 11.5 Å². The van der Waals surface area contributed by atoms with E-state index in [1.807, 2.05) is 60.7 Å². The summed E-state index contributed by atoms with van der Waals surface area (Å²) in [7, 11) is -2.92. The third-order valence-electron chi connectivity index (χ3n) is 7.15. The lowest BCUT2D eigenvalue weighted by molar-refractivity contribution is 0.102. The van der Waals surface area contributed by atoms with Crippen molar-refractivity contribution >= 4 is 21.4 Å². The number of nitrogens with one attached hydrogen (secondary N) is 2. The molecule has 0 bridgehead atoms. The van der Waals surface area contributed by atoms with Crippen molar-refractivity contribution < 1.29 is 22.7 Å². The quantitative estimate of drug-likeness (QED) is 0.343. The molecule has 1 aromatic heterocycles. The van der Waals surface area contributed by atoms with Gasteiger partial charge < -0.3 is 14.8 Å². The molecule has 4 aromatic rings. The van der Waals surface area contributed by atoms with E-state index >= 15 is 0 Å². The van der Waals surface area contributed by atoms with Crippen molar-refractivity contribution in [2.24, 2.45) is 0 Å². The lowest BCUT2D eigenvalue weighted by atomic mass is 10.1. The summed E-state index contributed by atoms with van der Waals surface area (Å²) in [4.78, 5) is 19.7. The van der Waals surface area contributed by atoms with Crippen molar-refractivity contribution in [2.45, 2.75) is 19.4 Å². The molecular formula is C30H31N5O5S. The van der Waals surface area contributed by atoms with E-state index in [2.05, 4.69) is 25.4 Å². The number of aromatic amines is 1. The largest absolute Gasteiger partial charge is 0.490 e. The molecule has 6 rings (SSSR count). The number of aromatic nitrogens is 3. The van der Waals surface area contributed by atoms with Crippen molar-refractivity contribution in [1.82, 2.24) is 20.1 Å². The first-order valence-electron chi connectivity index (χ1n) is 13.6. The van der Waals surface area contributed by atoms with Crippen LogP contribution < -0.4 is 14.8 Å². The number of sulfone groups is 1. The summed E-state index contributed by atoms with van der Waals surface area (Å²) in [6, 6.07) is 20.7. The lowest BCUT2D eigenvalue weighted by Crippen LogP contribution is -2.39. The fourth-order valence-electron chi connectivity index (χ4n) is 4.90. The molecule has 1 fully saturated rings. The highest BCUT2D eigenvalue weighted by Crippen LogP contribution is 2.31. The van der Waals surface area contributed by atoms with Gasteiger partial charge in [-0.3, -0.25) is 14.8 Å². The first kappa shape index (κ1) is 27.0. The molecule has 2 N–H and O–H groups in total. The Labute approximate surface area is 238 Å². The van der Waals surface area contributed by atoms with Crippen LogP contribution in [0.4, 0.5) is 5.69 Å². The second-order valence-electron chi connectivity index (χ2n) is 10.3. The van der Waals surface area contributed by atoms with E-state index in [-0.39, 0.29) is 17.4 Å². The summed E-state index contributed by atoms with van der Waals surface area (Å²) in [6.07, 6.45) is 1.44. The zero-order chi connectivity index (χ0) is 28.2. The summed E-state index contributed by atoms with van der Waals surface area (Å²) >= 11 is 0. The van der Waals surface area contributed by atoms with E-state index < -0.39 is 9.84 Å². The van der Waals surface area contributed by atoms with Crippen molar-refractivity contribution in [3.63, 3.8) is 0 Å². The van der Waals surface area contributed by atoms with E-state index in [4.69, 9.17) is 9.47 Å². The predicted octanol–water partition coefficient (Wildman–Crippen LogP) is 3.71. The van der Waals surface area contributed by atoms with E-state index in [1.165, 1.54) is 0 Å². The maximum Gasteiger partial charge on any atom is 0.255 e. The molecule has 3 aromatic carbocycles. The van der Waals surface area contributed by atoms with Crippen LogP contribution in [-0.4, -0.2) is 72.2 Å². The van der Waals surface area contributed by atoms with Gasteiger partial charge in [0, 0.05) is 49.3 Å². The average molecular weight is 574 g/mol. The second-order valence-corrected chi connectivity index (χ2v) is 12.6. The molecule has 0 aliphatic carbocycles. The topological polar surface area (TPSA) is 127 Å². The Morgan fingerprint density at radius 2 is 1.71 bits per heavy atom. The summed E-state index contributed by atoms with van der Waals surface area (Å²) in [6.45, 7) is 2.92. The Kier molecular flexibility index (Phi) is 7.71. The van der Waals surface area contributed by atoms with Crippen LogP contribution in [0.3, 0.4) is 0 Å². The van der Waals surface area contributed by atoms with Crippen molar-refractivity contribution in [3.05, 3.63) is 89.2 Å². The van der Waals surface area contributed by atoms with Crippen LogP contribution in [0, 0.1) is 0 Å². The average Bonchev–Trinajstić information content (AvgIpc) is 3.31. The van der Waals surface area contributed by atoms with Gasteiger partial charge in [-0.05, 0) is 59.7 Å². The minimum Gasteiger partial charge on any atom is -0.490 e. The van der Waals surface area contributed by atoms with Gasteiger partial charge in [-0.25, -0.2) is 13.4 Å².